The minimum absolute atomic E-state index is 0.241. The lowest BCUT2D eigenvalue weighted by Crippen LogP contribution is -2.19. The number of halogens is 3. The van der Waals surface area contributed by atoms with Gasteiger partial charge in [0.25, 0.3) is 0 Å². The first-order chi connectivity index (χ1) is 12.3. The van der Waals surface area contributed by atoms with Crippen molar-refractivity contribution >= 4 is 5.82 Å². The molecule has 0 bridgehead atoms. The van der Waals surface area contributed by atoms with Crippen LogP contribution in [0.1, 0.15) is 36.5 Å². The lowest BCUT2D eigenvalue weighted by molar-refractivity contribution is -0.137. The molecule has 8 heteroatoms. The number of benzene rings is 1. The summed E-state index contributed by atoms with van der Waals surface area (Å²) in [6, 6.07) is 2.89. The first kappa shape index (κ1) is 18.4. The fraction of sp³-hybridized carbons (Fsp3) is 0.444. The van der Waals surface area contributed by atoms with Gasteiger partial charge in [0.2, 0.25) is 0 Å². The number of phenols is 1. The number of aromatic nitrogens is 2. The number of hydrogen-bond acceptors (Lipinski definition) is 5. The molecule has 0 spiro atoms. The maximum absolute atomic E-state index is 12.8. The summed E-state index contributed by atoms with van der Waals surface area (Å²) in [5, 5.41) is 30.9. The molecule has 1 aliphatic carbocycles. The molecule has 0 aliphatic heterocycles. The summed E-state index contributed by atoms with van der Waals surface area (Å²) in [6.07, 6.45) is -1.68. The number of nitrogens with zero attached hydrogens (tertiary/aromatic N) is 2. The van der Waals surface area contributed by atoms with Gasteiger partial charge in [-0.05, 0) is 56.4 Å². The summed E-state index contributed by atoms with van der Waals surface area (Å²) in [4.78, 5) is 0. The first-order valence-electron chi connectivity index (χ1n) is 8.48. The van der Waals surface area contributed by atoms with Gasteiger partial charge in [-0.3, -0.25) is 0 Å². The minimum Gasteiger partial charge on any atom is -0.507 e. The van der Waals surface area contributed by atoms with E-state index in [0.717, 1.165) is 36.5 Å². The van der Waals surface area contributed by atoms with Gasteiger partial charge in [0.1, 0.15) is 11.4 Å². The van der Waals surface area contributed by atoms with Crippen LogP contribution in [0.25, 0.3) is 11.3 Å². The van der Waals surface area contributed by atoms with E-state index in [0.29, 0.717) is 30.5 Å². The summed E-state index contributed by atoms with van der Waals surface area (Å²) >= 11 is 0. The van der Waals surface area contributed by atoms with E-state index < -0.39 is 23.6 Å². The number of fused-ring (bicyclic) bond motifs is 1. The van der Waals surface area contributed by atoms with E-state index in [-0.39, 0.29) is 5.56 Å². The standard InChI is InChI=1S/C18H20F3N3O2/c1-10(25)9-22-17-13-5-3-2-4-12(13)16(23-24-17)14-7-6-11(8-15(14)26)18(19,20)21/h6-8,10,25-26H,2-5,9H2,1H3,(H,22,24)/t10-/m1/s1. The highest BCUT2D eigenvalue weighted by molar-refractivity contribution is 5.73. The highest BCUT2D eigenvalue weighted by Gasteiger charge is 2.32. The van der Waals surface area contributed by atoms with Crippen molar-refractivity contribution in [3.63, 3.8) is 0 Å². The van der Waals surface area contributed by atoms with E-state index in [1.807, 2.05) is 0 Å². The number of hydrogen-bond donors (Lipinski definition) is 3. The average Bonchev–Trinajstić information content (AvgIpc) is 2.59. The Labute approximate surface area is 148 Å². The Morgan fingerprint density at radius 2 is 1.85 bits per heavy atom. The Hall–Kier alpha value is -2.35. The van der Waals surface area contributed by atoms with Crippen LogP contribution in [0.3, 0.4) is 0 Å². The van der Waals surface area contributed by atoms with Crippen molar-refractivity contribution < 1.29 is 23.4 Å². The van der Waals surface area contributed by atoms with Crippen LogP contribution in [0.5, 0.6) is 5.75 Å². The summed E-state index contributed by atoms with van der Waals surface area (Å²) in [7, 11) is 0. The second kappa shape index (κ2) is 7.11. The van der Waals surface area contributed by atoms with Crippen molar-refractivity contribution in [2.75, 3.05) is 11.9 Å². The molecule has 0 saturated carbocycles. The highest BCUT2D eigenvalue weighted by Crippen LogP contribution is 2.39. The van der Waals surface area contributed by atoms with Crippen LogP contribution in [0, 0.1) is 0 Å². The Morgan fingerprint density at radius 1 is 1.15 bits per heavy atom. The molecule has 1 aliphatic rings. The predicted molar refractivity (Wildman–Crippen MR) is 90.9 cm³/mol. The molecule has 0 unspecified atom stereocenters. The van der Waals surface area contributed by atoms with E-state index in [1.54, 1.807) is 6.92 Å². The first-order valence-corrected chi connectivity index (χ1v) is 8.48. The Kier molecular flexibility index (Phi) is 5.04. The lowest BCUT2D eigenvalue weighted by atomic mass is 9.89. The fourth-order valence-electron chi connectivity index (χ4n) is 3.16. The summed E-state index contributed by atoms with van der Waals surface area (Å²) < 4.78 is 38.4. The number of aromatic hydroxyl groups is 1. The predicted octanol–water partition coefficient (Wildman–Crippen LogP) is 3.54. The van der Waals surface area contributed by atoms with Crippen LogP contribution in [0.15, 0.2) is 18.2 Å². The van der Waals surface area contributed by atoms with Gasteiger partial charge in [0.15, 0.2) is 5.82 Å². The van der Waals surface area contributed by atoms with Crippen LogP contribution in [0.2, 0.25) is 0 Å². The molecule has 5 nitrogen and oxygen atoms in total. The Morgan fingerprint density at radius 3 is 2.46 bits per heavy atom. The second-order valence-electron chi connectivity index (χ2n) is 6.52. The van der Waals surface area contributed by atoms with Crippen molar-refractivity contribution in [1.29, 1.82) is 0 Å². The molecule has 1 atom stereocenters. The maximum Gasteiger partial charge on any atom is 0.416 e. The van der Waals surface area contributed by atoms with Gasteiger partial charge in [-0.1, -0.05) is 0 Å². The van der Waals surface area contributed by atoms with Gasteiger partial charge in [-0.25, -0.2) is 0 Å². The molecular weight excluding hydrogens is 347 g/mol. The zero-order chi connectivity index (χ0) is 18.9. The van der Waals surface area contributed by atoms with Gasteiger partial charge in [0.05, 0.1) is 11.7 Å². The summed E-state index contributed by atoms with van der Waals surface area (Å²) in [5.74, 6) is 0.113. The molecule has 3 N–H and O–H groups in total. The molecule has 0 fully saturated rings. The minimum atomic E-state index is -4.52. The van der Waals surface area contributed by atoms with Gasteiger partial charge < -0.3 is 15.5 Å². The van der Waals surface area contributed by atoms with Crippen LogP contribution >= 0.6 is 0 Å². The molecule has 0 radical (unpaired) electrons. The fourth-order valence-corrected chi connectivity index (χ4v) is 3.16. The van der Waals surface area contributed by atoms with Crippen molar-refractivity contribution in [2.45, 2.75) is 44.9 Å². The van der Waals surface area contributed by atoms with E-state index in [1.165, 1.54) is 6.07 Å². The Bertz CT molecular complexity index is 807. The van der Waals surface area contributed by atoms with E-state index >= 15 is 0 Å². The molecule has 1 heterocycles. The normalized spacial score (nSPS) is 15.4. The van der Waals surface area contributed by atoms with Crippen LogP contribution in [-0.4, -0.2) is 33.1 Å². The number of phenolic OH excluding ortho intramolecular Hbond substituents is 1. The molecule has 0 amide bonds. The van der Waals surface area contributed by atoms with Gasteiger partial charge in [-0.15, -0.1) is 10.2 Å². The topological polar surface area (TPSA) is 78.3 Å². The lowest BCUT2D eigenvalue weighted by Gasteiger charge is -2.22. The van der Waals surface area contributed by atoms with Crippen molar-refractivity contribution in [3.05, 3.63) is 34.9 Å². The zero-order valence-corrected chi connectivity index (χ0v) is 14.3. The van der Waals surface area contributed by atoms with Crippen molar-refractivity contribution in [3.8, 4) is 17.0 Å². The number of aliphatic hydroxyl groups excluding tert-OH is 1. The van der Waals surface area contributed by atoms with Crippen molar-refractivity contribution in [2.24, 2.45) is 0 Å². The van der Waals surface area contributed by atoms with Crippen LogP contribution in [0.4, 0.5) is 19.0 Å². The smallest absolute Gasteiger partial charge is 0.416 e. The maximum atomic E-state index is 12.8. The van der Waals surface area contributed by atoms with Gasteiger partial charge in [0, 0.05) is 17.7 Å². The third-order valence-electron chi connectivity index (χ3n) is 4.43. The highest BCUT2D eigenvalue weighted by atomic mass is 19.4. The van der Waals surface area contributed by atoms with E-state index in [4.69, 9.17) is 0 Å². The number of anilines is 1. The van der Waals surface area contributed by atoms with Crippen LogP contribution < -0.4 is 5.32 Å². The van der Waals surface area contributed by atoms with Crippen LogP contribution in [-0.2, 0) is 19.0 Å². The van der Waals surface area contributed by atoms with E-state index in [9.17, 15) is 23.4 Å². The molecule has 140 valence electrons. The third-order valence-corrected chi connectivity index (χ3v) is 4.43. The second-order valence-corrected chi connectivity index (χ2v) is 6.52. The number of nitrogens with one attached hydrogen (secondary N) is 1. The summed E-state index contributed by atoms with van der Waals surface area (Å²) in [6.45, 7) is 1.98. The quantitative estimate of drug-likeness (QED) is 0.770. The van der Waals surface area contributed by atoms with Crippen molar-refractivity contribution in [1.82, 2.24) is 10.2 Å². The molecule has 0 saturated heterocycles. The largest absolute Gasteiger partial charge is 0.507 e. The number of rotatable bonds is 4. The summed E-state index contributed by atoms with van der Waals surface area (Å²) in [5.41, 5.74) is 1.57. The monoisotopic (exact) mass is 367 g/mol. The Balaban J connectivity index is 2.03. The van der Waals surface area contributed by atoms with Gasteiger partial charge in [-0.2, -0.15) is 13.2 Å². The SMILES string of the molecule is C[C@@H](O)CNc1nnc(-c2ccc(C(F)(F)F)cc2O)c2c1CCCC2. The van der Waals surface area contributed by atoms with Gasteiger partial charge >= 0.3 is 6.18 Å². The molecule has 1 aromatic carbocycles. The molecule has 2 aromatic rings. The molecular formula is C18H20F3N3O2. The molecule has 26 heavy (non-hydrogen) atoms. The van der Waals surface area contributed by atoms with E-state index in [2.05, 4.69) is 15.5 Å². The zero-order valence-electron chi connectivity index (χ0n) is 14.3. The third kappa shape index (κ3) is 3.75. The number of aliphatic hydroxyl groups is 1. The average molecular weight is 367 g/mol. The molecule has 3 rings (SSSR count). The molecule has 1 aromatic heterocycles. The number of alkyl halides is 3.